The van der Waals surface area contributed by atoms with Crippen LogP contribution < -0.4 is 5.32 Å². The van der Waals surface area contributed by atoms with Crippen LogP contribution in [0.1, 0.15) is 30.1 Å². The Balaban J connectivity index is 1.89. The summed E-state index contributed by atoms with van der Waals surface area (Å²) < 4.78 is 0. The largest absolute Gasteiger partial charge is 0.352 e. The van der Waals surface area contributed by atoms with Crippen LogP contribution in [0, 0.1) is 0 Å². The maximum atomic E-state index is 12.3. The van der Waals surface area contributed by atoms with Gasteiger partial charge in [0.1, 0.15) is 5.38 Å². The van der Waals surface area contributed by atoms with Crippen molar-refractivity contribution in [1.29, 1.82) is 0 Å². The number of nitrogens with one attached hydrogen (secondary N) is 1. The molecule has 0 aliphatic carbocycles. The Bertz CT molecular complexity index is 526. The number of halogens is 2. The summed E-state index contributed by atoms with van der Waals surface area (Å²) in [5.41, 5.74) is 0.597. The predicted molar refractivity (Wildman–Crippen MR) is 83.8 cm³/mol. The molecule has 21 heavy (non-hydrogen) atoms. The summed E-state index contributed by atoms with van der Waals surface area (Å²) in [6.07, 6.45) is 1.48. The average molecular weight is 329 g/mol. The van der Waals surface area contributed by atoms with Crippen LogP contribution in [0.5, 0.6) is 0 Å². The first-order valence-corrected chi connectivity index (χ1v) is 7.78. The first-order valence-electron chi connectivity index (χ1n) is 6.96. The van der Waals surface area contributed by atoms with E-state index in [4.69, 9.17) is 23.2 Å². The third-order valence-corrected chi connectivity index (χ3v) is 3.99. The second kappa shape index (κ2) is 7.14. The molecule has 1 N–H and O–H groups in total. The zero-order valence-corrected chi connectivity index (χ0v) is 13.3. The first kappa shape index (κ1) is 16.1. The number of carbonyl (C=O) groups is 2. The third kappa shape index (κ3) is 4.35. The molecule has 1 aliphatic rings. The van der Waals surface area contributed by atoms with Crippen molar-refractivity contribution in [3.63, 3.8) is 0 Å². The molecule has 6 heteroatoms. The Morgan fingerprint density at radius 2 is 2.00 bits per heavy atom. The van der Waals surface area contributed by atoms with E-state index >= 15 is 0 Å². The predicted octanol–water partition coefficient (Wildman–Crippen LogP) is 2.69. The van der Waals surface area contributed by atoms with Crippen molar-refractivity contribution in [3.05, 3.63) is 34.9 Å². The normalized spacial score (nSPS) is 17.4. The lowest BCUT2D eigenvalue weighted by Crippen LogP contribution is -2.47. The highest BCUT2D eigenvalue weighted by Crippen LogP contribution is 2.17. The molecule has 0 bridgehead atoms. The topological polar surface area (TPSA) is 49.4 Å². The van der Waals surface area contributed by atoms with E-state index in [-0.39, 0.29) is 17.9 Å². The number of likely N-dealkylation sites (tertiary alicyclic amines) is 1. The van der Waals surface area contributed by atoms with Gasteiger partial charge in [0.05, 0.1) is 0 Å². The number of nitrogens with zero attached hydrogens (tertiary/aromatic N) is 1. The van der Waals surface area contributed by atoms with Gasteiger partial charge in [-0.3, -0.25) is 9.59 Å². The minimum atomic E-state index is -0.531. The van der Waals surface area contributed by atoms with E-state index in [2.05, 4.69) is 5.32 Å². The van der Waals surface area contributed by atoms with E-state index in [0.29, 0.717) is 23.7 Å². The Morgan fingerprint density at radius 3 is 2.57 bits per heavy atom. The third-order valence-electron chi connectivity index (χ3n) is 3.56. The maximum Gasteiger partial charge on any atom is 0.253 e. The van der Waals surface area contributed by atoms with Crippen LogP contribution in [0.2, 0.25) is 5.02 Å². The van der Waals surface area contributed by atoms with Crippen molar-refractivity contribution < 1.29 is 9.59 Å². The fourth-order valence-corrected chi connectivity index (χ4v) is 2.60. The summed E-state index contributed by atoms with van der Waals surface area (Å²) in [6, 6.07) is 7.03. The SMILES string of the molecule is CC(Cl)C(=O)NC1CCN(C(=O)c2cccc(Cl)c2)CC1. The maximum absolute atomic E-state index is 12.3. The lowest BCUT2D eigenvalue weighted by atomic mass is 10.0. The van der Waals surface area contributed by atoms with Crippen LogP contribution in [0.3, 0.4) is 0 Å². The minimum Gasteiger partial charge on any atom is -0.352 e. The molecule has 114 valence electrons. The highest BCUT2D eigenvalue weighted by atomic mass is 35.5. The molecule has 1 atom stereocenters. The van der Waals surface area contributed by atoms with E-state index in [1.54, 1.807) is 36.1 Å². The molecule has 1 aromatic rings. The van der Waals surface area contributed by atoms with E-state index in [0.717, 1.165) is 12.8 Å². The van der Waals surface area contributed by atoms with Crippen molar-refractivity contribution in [1.82, 2.24) is 10.2 Å². The van der Waals surface area contributed by atoms with Crippen LogP contribution >= 0.6 is 23.2 Å². The fraction of sp³-hybridized carbons (Fsp3) is 0.467. The second-order valence-corrected chi connectivity index (χ2v) is 6.29. The molecule has 1 saturated heterocycles. The van der Waals surface area contributed by atoms with Gasteiger partial charge in [0.25, 0.3) is 5.91 Å². The molecule has 2 rings (SSSR count). The Kier molecular flexibility index (Phi) is 5.48. The number of hydrogen-bond donors (Lipinski definition) is 1. The lowest BCUT2D eigenvalue weighted by Gasteiger charge is -2.32. The number of rotatable bonds is 3. The number of carbonyl (C=O) groups excluding carboxylic acids is 2. The van der Waals surface area contributed by atoms with Gasteiger partial charge in [0, 0.05) is 29.7 Å². The van der Waals surface area contributed by atoms with Crippen LogP contribution in [0.25, 0.3) is 0 Å². The molecular weight excluding hydrogens is 311 g/mol. The Morgan fingerprint density at radius 1 is 1.33 bits per heavy atom. The smallest absolute Gasteiger partial charge is 0.253 e. The molecule has 0 radical (unpaired) electrons. The average Bonchev–Trinajstić information content (AvgIpc) is 2.47. The Hall–Kier alpha value is -1.26. The van der Waals surface area contributed by atoms with Crippen LogP contribution in [0.4, 0.5) is 0 Å². The second-order valence-electron chi connectivity index (χ2n) is 5.20. The van der Waals surface area contributed by atoms with Gasteiger partial charge in [0.2, 0.25) is 5.91 Å². The standard InChI is InChI=1S/C15H18Cl2N2O2/c1-10(16)14(20)18-13-5-7-19(8-6-13)15(21)11-3-2-4-12(17)9-11/h2-4,9-10,13H,5-8H2,1H3,(H,18,20). The van der Waals surface area contributed by atoms with Crippen LogP contribution in [-0.4, -0.2) is 41.2 Å². The molecule has 0 saturated carbocycles. The van der Waals surface area contributed by atoms with Gasteiger partial charge >= 0.3 is 0 Å². The highest BCUT2D eigenvalue weighted by molar-refractivity contribution is 6.31. The number of piperidine rings is 1. The van der Waals surface area contributed by atoms with Crippen molar-refractivity contribution in [2.75, 3.05) is 13.1 Å². The molecule has 1 fully saturated rings. The highest BCUT2D eigenvalue weighted by Gasteiger charge is 2.25. The van der Waals surface area contributed by atoms with Gasteiger partial charge in [-0.05, 0) is 38.0 Å². The molecular formula is C15H18Cl2N2O2. The zero-order valence-electron chi connectivity index (χ0n) is 11.8. The molecule has 2 amide bonds. The molecule has 1 aliphatic heterocycles. The van der Waals surface area contributed by atoms with E-state index in [1.807, 2.05) is 0 Å². The number of hydrogen-bond acceptors (Lipinski definition) is 2. The van der Waals surface area contributed by atoms with Crippen molar-refractivity contribution in [2.24, 2.45) is 0 Å². The summed E-state index contributed by atoms with van der Waals surface area (Å²) in [6.45, 7) is 2.88. The van der Waals surface area contributed by atoms with Crippen LogP contribution in [0.15, 0.2) is 24.3 Å². The van der Waals surface area contributed by atoms with Gasteiger partial charge in [-0.2, -0.15) is 0 Å². The Labute approximate surface area is 134 Å². The summed E-state index contributed by atoms with van der Waals surface area (Å²) in [7, 11) is 0. The molecule has 0 spiro atoms. The number of benzene rings is 1. The van der Waals surface area contributed by atoms with E-state index < -0.39 is 5.38 Å². The van der Waals surface area contributed by atoms with Gasteiger partial charge in [0.15, 0.2) is 0 Å². The van der Waals surface area contributed by atoms with Gasteiger partial charge in [-0.15, -0.1) is 11.6 Å². The summed E-state index contributed by atoms with van der Waals surface area (Å²) >= 11 is 11.6. The van der Waals surface area contributed by atoms with Crippen molar-refractivity contribution in [3.8, 4) is 0 Å². The van der Waals surface area contributed by atoms with Gasteiger partial charge in [-0.1, -0.05) is 17.7 Å². The zero-order chi connectivity index (χ0) is 15.4. The molecule has 4 nitrogen and oxygen atoms in total. The van der Waals surface area contributed by atoms with Gasteiger partial charge < -0.3 is 10.2 Å². The van der Waals surface area contributed by atoms with Crippen molar-refractivity contribution >= 4 is 35.0 Å². The summed E-state index contributed by atoms with van der Waals surface area (Å²) in [5, 5.41) is 2.92. The monoisotopic (exact) mass is 328 g/mol. The molecule has 0 aromatic heterocycles. The van der Waals surface area contributed by atoms with Gasteiger partial charge in [-0.25, -0.2) is 0 Å². The fourth-order valence-electron chi connectivity index (χ4n) is 2.35. The van der Waals surface area contributed by atoms with E-state index in [9.17, 15) is 9.59 Å². The summed E-state index contributed by atoms with van der Waals surface area (Å²) in [4.78, 5) is 25.7. The van der Waals surface area contributed by atoms with E-state index in [1.165, 1.54) is 0 Å². The molecule has 1 heterocycles. The number of alkyl halides is 1. The van der Waals surface area contributed by atoms with Crippen molar-refractivity contribution in [2.45, 2.75) is 31.2 Å². The molecule has 1 aromatic carbocycles. The lowest BCUT2D eigenvalue weighted by molar-refractivity contribution is -0.121. The number of amides is 2. The first-order chi connectivity index (χ1) is 9.97. The molecule has 1 unspecified atom stereocenters. The summed E-state index contributed by atoms with van der Waals surface area (Å²) in [5.74, 6) is -0.177. The van der Waals surface area contributed by atoms with Crippen LogP contribution in [-0.2, 0) is 4.79 Å². The minimum absolute atomic E-state index is 0.0204. The quantitative estimate of drug-likeness (QED) is 0.867.